The lowest BCUT2D eigenvalue weighted by molar-refractivity contribution is -0.121. The first-order valence-electron chi connectivity index (χ1n) is 10.0. The molecule has 8 heteroatoms. The number of thiophene rings is 1. The van der Waals surface area contributed by atoms with E-state index in [1.54, 1.807) is 17.5 Å². The van der Waals surface area contributed by atoms with Gasteiger partial charge >= 0.3 is 0 Å². The Morgan fingerprint density at radius 2 is 2.10 bits per heavy atom. The predicted molar refractivity (Wildman–Crippen MR) is 117 cm³/mol. The van der Waals surface area contributed by atoms with Gasteiger partial charge in [-0.05, 0) is 47.7 Å². The zero-order valence-electron chi connectivity index (χ0n) is 16.9. The van der Waals surface area contributed by atoms with Gasteiger partial charge in [-0.25, -0.2) is 0 Å². The minimum absolute atomic E-state index is 0.0159. The zero-order valence-corrected chi connectivity index (χ0v) is 17.7. The number of aromatic nitrogens is 3. The van der Waals surface area contributed by atoms with Crippen LogP contribution >= 0.6 is 11.3 Å². The summed E-state index contributed by atoms with van der Waals surface area (Å²) in [6.45, 7) is 0.850. The quantitative estimate of drug-likeness (QED) is 0.398. The Morgan fingerprint density at radius 1 is 1.13 bits per heavy atom. The number of hydrogen-bond donors (Lipinski definition) is 1. The van der Waals surface area contributed by atoms with E-state index in [0.29, 0.717) is 44.1 Å². The molecule has 4 rings (SSSR count). The van der Waals surface area contributed by atoms with Gasteiger partial charge in [0.2, 0.25) is 17.6 Å². The molecular weight excluding hydrogens is 412 g/mol. The third kappa shape index (κ3) is 6.23. The van der Waals surface area contributed by atoms with Crippen LogP contribution in [-0.4, -0.2) is 21.0 Å². The van der Waals surface area contributed by atoms with E-state index in [0.717, 1.165) is 21.9 Å². The van der Waals surface area contributed by atoms with E-state index in [1.807, 2.05) is 60.0 Å². The fraction of sp³-hybridized carbons (Fsp3) is 0.217. The summed E-state index contributed by atoms with van der Waals surface area (Å²) >= 11 is 1.56. The molecule has 0 saturated carbocycles. The Kier molecular flexibility index (Phi) is 7.02. The fourth-order valence-electron chi connectivity index (χ4n) is 2.94. The van der Waals surface area contributed by atoms with Gasteiger partial charge in [-0.2, -0.15) is 4.98 Å². The molecule has 0 atom stereocenters. The highest BCUT2D eigenvalue weighted by atomic mass is 32.1. The minimum atomic E-state index is -0.0159. The Morgan fingerprint density at radius 3 is 2.94 bits per heavy atom. The van der Waals surface area contributed by atoms with E-state index >= 15 is 0 Å². The molecule has 0 saturated heterocycles. The Labute approximate surface area is 184 Å². The van der Waals surface area contributed by atoms with Gasteiger partial charge in [0.25, 0.3) is 0 Å². The van der Waals surface area contributed by atoms with Crippen LogP contribution in [0.15, 0.2) is 70.7 Å². The maximum atomic E-state index is 12.2. The predicted octanol–water partition coefficient (Wildman–Crippen LogP) is 4.41. The number of nitrogens with one attached hydrogen (secondary N) is 1. The van der Waals surface area contributed by atoms with E-state index < -0.39 is 0 Å². The summed E-state index contributed by atoms with van der Waals surface area (Å²) in [5.41, 5.74) is 1.84. The topological polar surface area (TPSA) is 90.1 Å². The smallest absolute Gasteiger partial charge is 0.226 e. The van der Waals surface area contributed by atoms with E-state index in [4.69, 9.17) is 9.26 Å². The van der Waals surface area contributed by atoms with E-state index in [2.05, 4.69) is 20.4 Å². The number of pyridine rings is 1. The Bertz CT molecular complexity index is 1100. The summed E-state index contributed by atoms with van der Waals surface area (Å²) in [5, 5.41) is 8.90. The molecule has 3 heterocycles. The van der Waals surface area contributed by atoms with Crippen LogP contribution in [0.4, 0.5) is 0 Å². The highest BCUT2D eigenvalue weighted by Crippen LogP contribution is 2.21. The molecule has 0 aliphatic heterocycles. The number of aryl methyl sites for hydroxylation is 1. The number of ether oxygens (including phenoxy) is 1. The van der Waals surface area contributed by atoms with Gasteiger partial charge in [0.1, 0.15) is 12.4 Å². The van der Waals surface area contributed by atoms with E-state index in [9.17, 15) is 4.79 Å². The molecule has 1 N–H and O–H groups in total. The van der Waals surface area contributed by atoms with Gasteiger partial charge in [0.05, 0.1) is 10.6 Å². The van der Waals surface area contributed by atoms with Gasteiger partial charge in [-0.15, -0.1) is 11.3 Å². The van der Waals surface area contributed by atoms with E-state index in [-0.39, 0.29) is 5.91 Å². The first kappa shape index (κ1) is 20.7. The van der Waals surface area contributed by atoms with Crippen LogP contribution in [0.1, 0.15) is 30.0 Å². The summed E-state index contributed by atoms with van der Waals surface area (Å²) in [6, 6.07) is 17.3. The molecule has 1 aromatic carbocycles. The molecule has 0 aliphatic carbocycles. The molecule has 0 bridgehead atoms. The van der Waals surface area contributed by atoms with Crippen LogP contribution in [0.5, 0.6) is 5.75 Å². The van der Waals surface area contributed by atoms with Crippen LogP contribution in [0.25, 0.3) is 10.7 Å². The van der Waals surface area contributed by atoms with Crippen molar-refractivity contribution in [3.63, 3.8) is 0 Å². The molecule has 1 amide bonds. The number of nitrogens with zero attached hydrogens (tertiary/aromatic N) is 3. The van der Waals surface area contributed by atoms with Gasteiger partial charge < -0.3 is 14.6 Å². The van der Waals surface area contributed by atoms with Crippen molar-refractivity contribution in [1.82, 2.24) is 20.4 Å². The Hall–Kier alpha value is -3.52. The highest BCUT2D eigenvalue weighted by Gasteiger charge is 2.10. The second-order valence-corrected chi connectivity index (χ2v) is 7.82. The first-order chi connectivity index (χ1) is 15.3. The number of amides is 1. The van der Waals surface area contributed by atoms with Crippen LogP contribution in [0.3, 0.4) is 0 Å². The fourth-order valence-corrected chi connectivity index (χ4v) is 3.59. The summed E-state index contributed by atoms with van der Waals surface area (Å²) < 4.78 is 11.0. The molecule has 158 valence electrons. The van der Waals surface area contributed by atoms with Crippen molar-refractivity contribution in [2.75, 3.05) is 0 Å². The number of benzene rings is 1. The third-order valence-electron chi connectivity index (χ3n) is 4.51. The second kappa shape index (κ2) is 10.5. The molecule has 7 nitrogen and oxygen atoms in total. The molecule has 4 aromatic rings. The normalized spacial score (nSPS) is 10.7. The highest BCUT2D eigenvalue weighted by molar-refractivity contribution is 7.13. The Balaban J connectivity index is 1.18. The minimum Gasteiger partial charge on any atom is -0.487 e. The number of carbonyl (C=O) groups is 1. The molecule has 0 unspecified atom stereocenters. The SMILES string of the molecule is O=C(CCCc1nc(-c2cccs2)no1)NCc1cccc(OCc2ccccn2)c1. The van der Waals surface area contributed by atoms with Crippen LogP contribution in [0, 0.1) is 0 Å². The average Bonchev–Trinajstić information content (AvgIpc) is 3.50. The van der Waals surface area contributed by atoms with Gasteiger partial charge in [-0.3, -0.25) is 9.78 Å². The second-order valence-electron chi connectivity index (χ2n) is 6.88. The van der Waals surface area contributed by atoms with Crippen molar-refractivity contribution < 1.29 is 14.1 Å². The lowest BCUT2D eigenvalue weighted by Gasteiger charge is -2.09. The van der Waals surface area contributed by atoms with Crippen molar-refractivity contribution in [2.24, 2.45) is 0 Å². The maximum Gasteiger partial charge on any atom is 0.226 e. The first-order valence-corrected chi connectivity index (χ1v) is 10.9. The van der Waals surface area contributed by atoms with Gasteiger partial charge in [-0.1, -0.05) is 29.4 Å². The van der Waals surface area contributed by atoms with Crippen LogP contribution < -0.4 is 10.1 Å². The number of hydrogen-bond acceptors (Lipinski definition) is 7. The van der Waals surface area contributed by atoms with Crippen molar-refractivity contribution >= 4 is 17.2 Å². The molecule has 3 aromatic heterocycles. The lowest BCUT2D eigenvalue weighted by Crippen LogP contribution is -2.22. The van der Waals surface area contributed by atoms with Crippen molar-refractivity contribution in [1.29, 1.82) is 0 Å². The number of carbonyl (C=O) groups excluding carboxylic acids is 1. The molecule has 0 aliphatic rings. The van der Waals surface area contributed by atoms with Crippen molar-refractivity contribution in [3.8, 4) is 16.5 Å². The maximum absolute atomic E-state index is 12.2. The van der Waals surface area contributed by atoms with Crippen LogP contribution in [0.2, 0.25) is 0 Å². The molecule has 0 radical (unpaired) electrons. The molecule has 0 spiro atoms. The summed E-state index contributed by atoms with van der Waals surface area (Å²) in [4.78, 5) is 21.8. The van der Waals surface area contributed by atoms with Crippen molar-refractivity contribution in [3.05, 3.63) is 83.3 Å². The van der Waals surface area contributed by atoms with E-state index in [1.165, 1.54) is 0 Å². The summed E-state index contributed by atoms with van der Waals surface area (Å²) in [5.74, 6) is 1.88. The molecule has 31 heavy (non-hydrogen) atoms. The third-order valence-corrected chi connectivity index (χ3v) is 5.37. The monoisotopic (exact) mass is 434 g/mol. The molecular formula is C23H22N4O3S. The summed E-state index contributed by atoms with van der Waals surface area (Å²) in [7, 11) is 0. The summed E-state index contributed by atoms with van der Waals surface area (Å²) in [6.07, 6.45) is 3.35. The van der Waals surface area contributed by atoms with Gasteiger partial charge in [0, 0.05) is 25.6 Å². The van der Waals surface area contributed by atoms with Gasteiger partial charge in [0.15, 0.2) is 0 Å². The number of rotatable bonds is 10. The largest absolute Gasteiger partial charge is 0.487 e. The lowest BCUT2D eigenvalue weighted by atomic mass is 10.2. The van der Waals surface area contributed by atoms with Crippen molar-refractivity contribution in [2.45, 2.75) is 32.4 Å². The zero-order chi connectivity index (χ0) is 21.3. The average molecular weight is 435 g/mol. The van der Waals surface area contributed by atoms with Crippen LogP contribution in [-0.2, 0) is 24.4 Å². The standard InChI is InChI=1S/C23H22N4O3S/c28-21(10-4-11-22-26-23(27-30-22)20-9-5-13-31-20)25-15-17-6-3-8-19(14-17)29-16-18-7-1-2-12-24-18/h1-3,5-9,12-14H,4,10-11,15-16H2,(H,25,28). The molecule has 0 fully saturated rings.